The predicted octanol–water partition coefficient (Wildman–Crippen LogP) is 1.38. The fourth-order valence-electron chi connectivity index (χ4n) is 4.09. The number of amides is 2. The van der Waals surface area contributed by atoms with Crippen LogP contribution in [0.3, 0.4) is 0 Å². The van der Waals surface area contributed by atoms with Crippen LogP contribution in [0.1, 0.15) is 38.5 Å². The van der Waals surface area contributed by atoms with Gasteiger partial charge in [-0.15, -0.1) is 24.8 Å². The second-order valence-corrected chi connectivity index (χ2v) is 7.48. The Morgan fingerprint density at radius 2 is 1.35 bits per heavy atom. The van der Waals surface area contributed by atoms with E-state index < -0.39 is 0 Å². The summed E-state index contributed by atoms with van der Waals surface area (Å²) < 4.78 is 0. The van der Waals surface area contributed by atoms with Gasteiger partial charge in [-0.25, -0.2) is 0 Å². The van der Waals surface area contributed by atoms with Crippen LogP contribution in [-0.4, -0.2) is 85.4 Å². The highest BCUT2D eigenvalue weighted by molar-refractivity contribution is 5.85. The van der Waals surface area contributed by atoms with E-state index >= 15 is 0 Å². The van der Waals surface area contributed by atoms with Gasteiger partial charge in [0.2, 0.25) is 11.8 Å². The van der Waals surface area contributed by atoms with E-state index in [-0.39, 0.29) is 36.6 Å². The van der Waals surface area contributed by atoms with Crippen molar-refractivity contribution in [1.29, 1.82) is 0 Å². The zero-order chi connectivity index (χ0) is 16.8. The van der Waals surface area contributed by atoms with Crippen LogP contribution in [0.5, 0.6) is 0 Å². The van der Waals surface area contributed by atoms with Gasteiger partial charge in [-0.1, -0.05) is 0 Å². The Morgan fingerprint density at radius 1 is 0.808 bits per heavy atom. The normalized spacial score (nSPS) is 21.8. The van der Waals surface area contributed by atoms with Gasteiger partial charge in [-0.05, 0) is 64.2 Å². The van der Waals surface area contributed by atoms with Crippen LogP contribution in [0.25, 0.3) is 0 Å². The lowest BCUT2D eigenvalue weighted by atomic mass is 9.93. The van der Waals surface area contributed by atoms with Gasteiger partial charge in [0, 0.05) is 32.6 Å². The molecule has 0 aromatic heterocycles. The maximum Gasteiger partial charge on any atom is 0.236 e. The number of hydrogen-bond donors (Lipinski definition) is 1. The molecule has 3 rings (SSSR count). The second-order valence-electron chi connectivity index (χ2n) is 7.48. The Balaban J connectivity index is 0.00000169. The summed E-state index contributed by atoms with van der Waals surface area (Å²) >= 11 is 0. The number of carbonyl (C=O) groups excluding carboxylic acids is 2. The van der Waals surface area contributed by atoms with E-state index in [0.717, 1.165) is 32.6 Å². The van der Waals surface area contributed by atoms with Crippen molar-refractivity contribution in [3.8, 4) is 0 Å². The summed E-state index contributed by atoms with van der Waals surface area (Å²) in [5.74, 6) is 1.22. The van der Waals surface area contributed by atoms with Crippen molar-refractivity contribution < 1.29 is 9.59 Å². The first-order chi connectivity index (χ1) is 11.7. The third-order valence-electron chi connectivity index (χ3n) is 5.77. The van der Waals surface area contributed by atoms with Crippen molar-refractivity contribution >= 4 is 36.6 Å². The summed E-state index contributed by atoms with van der Waals surface area (Å²) in [7, 11) is 0. The molecule has 0 aliphatic carbocycles. The van der Waals surface area contributed by atoms with E-state index in [1.54, 1.807) is 0 Å². The number of halogens is 2. The third-order valence-corrected chi connectivity index (χ3v) is 5.77. The number of piperazine rings is 1. The first kappa shape index (κ1) is 23.5. The quantitative estimate of drug-likeness (QED) is 0.746. The standard InChI is InChI=1S/C18H32N4O2.2ClH/c23-17(4-3-16-5-7-19-8-6-16)21-11-13-22(14-12-21)18(24)15-20-9-1-2-10-20;;/h16,19H,1-15H2;2*1H. The SMILES string of the molecule is Cl.Cl.O=C(CCC1CCNCC1)N1CCN(C(=O)CN2CCCC2)CC1. The van der Waals surface area contributed by atoms with Gasteiger partial charge in [0.25, 0.3) is 0 Å². The van der Waals surface area contributed by atoms with Crippen molar-refractivity contribution in [2.45, 2.75) is 38.5 Å². The molecule has 0 saturated carbocycles. The van der Waals surface area contributed by atoms with Crippen molar-refractivity contribution in [2.75, 3.05) is 58.9 Å². The molecular formula is C18H34Cl2N4O2. The summed E-state index contributed by atoms with van der Waals surface area (Å²) in [4.78, 5) is 30.9. The molecule has 0 unspecified atom stereocenters. The number of hydrogen-bond acceptors (Lipinski definition) is 4. The molecule has 3 saturated heterocycles. The van der Waals surface area contributed by atoms with E-state index in [1.807, 2.05) is 9.80 Å². The number of carbonyl (C=O) groups is 2. The molecule has 3 aliphatic heterocycles. The molecule has 0 aromatic carbocycles. The zero-order valence-corrected chi connectivity index (χ0v) is 17.3. The number of likely N-dealkylation sites (tertiary alicyclic amines) is 1. The minimum Gasteiger partial charge on any atom is -0.339 e. The molecule has 0 radical (unpaired) electrons. The molecule has 1 N–H and O–H groups in total. The molecule has 3 aliphatic rings. The molecule has 0 atom stereocenters. The molecule has 26 heavy (non-hydrogen) atoms. The molecule has 0 spiro atoms. The van der Waals surface area contributed by atoms with E-state index in [0.29, 0.717) is 45.1 Å². The average molecular weight is 409 g/mol. The monoisotopic (exact) mass is 408 g/mol. The Hall–Kier alpha value is -0.560. The first-order valence-corrected chi connectivity index (χ1v) is 9.71. The Morgan fingerprint density at radius 3 is 1.92 bits per heavy atom. The number of rotatable bonds is 5. The number of nitrogens with zero attached hydrogens (tertiary/aromatic N) is 3. The molecule has 3 heterocycles. The van der Waals surface area contributed by atoms with Crippen LogP contribution in [0.2, 0.25) is 0 Å². The van der Waals surface area contributed by atoms with Crippen LogP contribution in [-0.2, 0) is 9.59 Å². The minimum atomic E-state index is 0. The average Bonchev–Trinajstić information content (AvgIpc) is 3.13. The van der Waals surface area contributed by atoms with Crippen molar-refractivity contribution in [3.05, 3.63) is 0 Å². The van der Waals surface area contributed by atoms with Crippen molar-refractivity contribution in [1.82, 2.24) is 20.0 Å². The van der Waals surface area contributed by atoms with Crippen LogP contribution in [0.15, 0.2) is 0 Å². The Labute approximate surface area is 169 Å². The van der Waals surface area contributed by atoms with Gasteiger partial charge in [-0.2, -0.15) is 0 Å². The topological polar surface area (TPSA) is 55.9 Å². The molecule has 0 bridgehead atoms. The summed E-state index contributed by atoms with van der Waals surface area (Å²) in [6.07, 6.45) is 6.53. The molecule has 8 heteroatoms. The van der Waals surface area contributed by atoms with Gasteiger partial charge in [0.15, 0.2) is 0 Å². The van der Waals surface area contributed by atoms with Crippen molar-refractivity contribution in [3.63, 3.8) is 0 Å². The lowest BCUT2D eigenvalue weighted by molar-refractivity contribution is -0.140. The first-order valence-electron chi connectivity index (χ1n) is 9.71. The van der Waals surface area contributed by atoms with E-state index in [1.165, 1.54) is 25.7 Å². The van der Waals surface area contributed by atoms with E-state index in [9.17, 15) is 9.59 Å². The molecule has 2 amide bonds. The maximum atomic E-state index is 12.4. The minimum absolute atomic E-state index is 0. The van der Waals surface area contributed by atoms with Gasteiger partial charge in [0.05, 0.1) is 6.54 Å². The predicted molar refractivity (Wildman–Crippen MR) is 108 cm³/mol. The highest BCUT2D eigenvalue weighted by Gasteiger charge is 2.26. The molecule has 6 nitrogen and oxygen atoms in total. The van der Waals surface area contributed by atoms with Crippen LogP contribution >= 0.6 is 24.8 Å². The highest BCUT2D eigenvalue weighted by atomic mass is 35.5. The highest BCUT2D eigenvalue weighted by Crippen LogP contribution is 2.19. The maximum absolute atomic E-state index is 12.4. The summed E-state index contributed by atoms with van der Waals surface area (Å²) in [5.41, 5.74) is 0. The summed E-state index contributed by atoms with van der Waals surface area (Å²) in [6.45, 7) is 7.67. The number of piperidine rings is 1. The molecule has 0 aromatic rings. The van der Waals surface area contributed by atoms with E-state index in [2.05, 4.69) is 10.2 Å². The van der Waals surface area contributed by atoms with Crippen molar-refractivity contribution in [2.24, 2.45) is 5.92 Å². The fraction of sp³-hybridized carbons (Fsp3) is 0.889. The largest absolute Gasteiger partial charge is 0.339 e. The van der Waals surface area contributed by atoms with E-state index in [4.69, 9.17) is 0 Å². The second kappa shape index (κ2) is 12.0. The fourth-order valence-corrected chi connectivity index (χ4v) is 4.09. The summed E-state index contributed by atoms with van der Waals surface area (Å²) in [5, 5.41) is 3.37. The molecule has 152 valence electrons. The lowest BCUT2D eigenvalue weighted by Crippen LogP contribution is -2.52. The third kappa shape index (κ3) is 6.87. The summed E-state index contributed by atoms with van der Waals surface area (Å²) in [6, 6.07) is 0. The molecule has 3 fully saturated rings. The van der Waals surface area contributed by atoms with Gasteiger partial charge >= 0.3 is 0 Å². The number of nitrogens with one attached hydrogen (secondary N) is 1. The lowest BCUT2D eigenvalue weighted by Gasteiger charge is -2.36. The Kier molecular flexibility index (Phi) is 10.8. The van der Waals surface area contributed by atoms with Crippen LogP contribution < -0.4 is 5.32 Å². The Bertz CT molecular complexity index is 433. The van der Waals surface area contributed by atoms with Gasteiger partial charge in [-0.3, -0.25) is 14.5 Å². The zero-order valence-electron chi connectivity index (χ0n) is 15.7. The van der Waals surface area contributed by atoms with Crippen LogP contribution in [0.4, 0.5) is 0 Å². The van der Waals surface area contributed by atoms with Crippen LogP contribution in [0, 0.1) is 5.92 Å². The molecular weight excluding hydrogens is 375 g/mol. The van der Waals surface area contributed by atoms with Gasteiger partial charge < -0.3 is 15.1 Å². The van der Waals surface area contributed by atoms with Gasteiger partial charge in [0.1, 0.15) is 0 Å². The smallest absolute Gasteiger partial charge is 0.236 e.